The lowest BCUT2D eigenvalue weighted by Crippen LogP contribution is -2.57. The zero-order valence-corrected chi connectivity index (χ0v) is 15.7. The molecule has 8 heteroatoms. The number of carbonyl (C=O) groups excluding carboxylic acids is 1. The van der Waals surface area contributed by atoms with Crippen molar-refractivity contribution in [3.63, 3.8) is 0 Å². The summed E-state index contributed by atoms with van der Waals surface area (Å²) in [6.07, 6.45) is 2.35. The van der Waals surface area contributed by atoms with Gasteiger partial charge in [-0.25, -0.2) is 9.97 Å². The van der Waals surface area contributed by atoms with E-state index in [9.17, 15) is 4.79 Å². The highest BCUT2D eigenvalue weighted by Gasteiger charge is 2.35. The molecule has 6 rings (SSSR count). The predicted octanol–water partition coefficient (Wildman–Crippen LogP) is 3.20. The number of benzene rings is 1. The maximum atomic E-state index is 12.9. The summed E-state index contributed by atoms with van der Waals surface area (Å²) >= 11 is 1.49. The van der Waals surface area contributed by atoms with Crippen LogP contribution in [-0.2, 0) is 0 Å². The lowest BCUT2D eigenvalue weighted by atomic mass is 9.84. The van der Waals surface area contributed by atoms with Crippen LogP contribution in [0.15, 0.2) is 33.5 Å². The van der Waals surface area contributed by atoms with E-state index in [1.54, 1.807) is 5.51 Å². The number of halogens is 1. The number of carbonyl (C=O) groups is 1. The lowest BCUT2D eigenvalue weighted by Gasteiger charge is -2.44. The van der Waals surface area contributed by atoms with Crippen molar-refractivity contribution < 1.29 is 9.21 Å². The zero-order chi connectivity index (χ0) is 16.8. The fourth-order valence-corrected chi connectivity index (χ4v) is 4.46. The Morgan fingerprint density at radius 1 is 1.31 bits per heavy atom. The minimum Gasteiger partial charge on any atom is -0.435 e. The molecule has 136 valence electrons. The van der Waals surface area contributed by atoms with E-state index >= 15 is 0 Å². The van der Waals surface area contributed by atoms with Crippen LogP contribution in [0, 0.1) is 5.92 Å². The molecule has 6 nitrogen and oxygen atoms in total. The summed E-state index contributed by atoms with van der Waals surface area (Å²) in [5.74, 6) is 0.984. The molecule has 1 aromatic carbocycles. The highest BCUT2D eigenvalue weighted by molar-refractivity contribution is 7.07. The molecule has 1 atom stereocenters. The number of oxazole rings is 1. The molecular weight excluding hydrogens is 372 g/mol. The second-order valence-electron chi connectivity index (χ2n) is 6.76. The van der Waals surface area contributed by atoms with Gasteiger partial charge in [0.1, 0.15) is 11.2 Å². The molecule has 1 unspecified atom stereocenters. The SMILES string of the molecule is Cl.O=C(NC1CN2CCC1CC2)c1cccc2oc(-c3cscn3)nc12. The molecule has 0 spiro atoms. The maximum absolute atomic E-state index is 12.9. The number of amides is 1. The first-order valence-electron chi connectivity index (χ1n) is 8.59. The molecule has 2 aromatic heterocycles. The van der Waals surface area contributed by atoms with Gasteiger partial charge in [0, 0.05) is 18.0 Å². The number of hydrogen-bond donors (Lipinski definition) is 1. The van der Waals surface area contributed by atoms with Gasteiger partial charge >= 0.3 is 0 Å². The molecule has 5 heterocycles. The molecule has 3 aliphatic rings. The van der Waals surface area contributed by atoms with Crippen LogP contribution in [-0.4, -0.2) is 46.5 Å². The topological polar surface area (TPSA) is 71.3 Å². The smallest absolute Gasteiger partial charge is 0.253 e. The van der Waals surface area contributed by atoms with Crippen LogP contribution in [0.25, 0.3) is 22.7 Å². The van der Waals surface area contributed by atoms with Crippen molar-refractivity contribution in [2.24, 2.45) is 5.92 Å². The Kier molecular flexibility index (Phi) is 4.69. The third-order valence-electron chi connectivity index (χ3n) is 5.29. The van der Waals surface area contributed by atoms with Crippen molar-refractivity contribution in [3.8, 4) is 11.6 Å². The van der Waals surface area contributed by atoms with Crippen molar-refractivity contribution in [1.29, 1.82) is 0 Å². The fraction of sp³-hybridized carbons (Fsp3) is 0.389. The van der Waals surface area contributed by atoms with Crippen molar-refractivity contribution in [1.82, 2.24) is 20.2 Å². The Bertz CT molecular complexity index is 919. The molecule has 3 saturated heterocycles. The van der Waals surface area contributed by atoms with Gasteiger partial charge in [0.15, 0.2) is 5.58 Å². The summed E-state index contributed by atoms with van der Waals surface area (Å²) in [7, 11) is 0. The number of fused-ring (bicyclic) bond motifs is 4. The third kappa shape index (κ3) is 3.00. The second kappa shape index (κ2) is 6.98. The van der Waals surface area contributed by atoms with Gasteiger partial charge in [-0.2, -0.15) is 0 Å². The Hall–Kier alpha value is -1.96. The number of nitrogens with one attached hydrogen (secondary N) is 1. The van der Waals surface area contributed by atoms with Gasteiger partial charge in [-0.1, -0.05) is 6.07 Å². The molecule has 1 amide bonds. The molecule has 1 N–H and O–H groups in total. The first kappa shape index (κ1) is 17.5. The van der Waals surface area contributed by atoms with Crippen molar-refractivity contribution in [3.05, 3.63) is 34.7 Å². The van der Waals surface area contributed by atoms with Crippen LogP contribution in [0.1, 0.15) is 23.2 Å². The minimum absolute atomic E-state index is 0. The van der Waals surface area contributed by atoms with E-state index in [-0.39, 0.29) is 24.4 Å². The Morgan fingerprint density at radius 3 is 2.85 bits per heavy atom. The number of para-hydroxylation sites is 1. The first-order chi connectivity index (χ1) is 12.3. The van der Waals surface area contributed by atoms with Crippen molar-refractivity contribution in [2.75, 3.05) is 19.6 Å². The molecule has 3 aliphatic heterocycles. The average Bonchev–Trinajstić information content (AvgIpc) is 3.31. The average molecular weight is 391 g/mol. The van der Waals surface area contributed by atoms with Gasteiger partial charge in [-0.3, -0.25) is 4.79 Å². The van der Waals surface area contributed by atoms with E-state index in [4.69, 9.17) is 4.42 Å². The van der Waals surface area contributed by atoms with Gasteiger partial charge in [-0.15, -0.1) is 23.7 Å². The summed E-state index contributed by atoms with van der Waals surface area (Å²) in [6, 6.07) is 5.72. The van der Waals surface area contributed by atoms with Crippen LogP contribution < -0.4 is 5.32 Å². The molecule has 0 aliphatic carbocycles. The van der Waals surface area contributed by atoms with Crippen LogP contribution in [0.5, 0.6) is 0 Å². The van der Waals surface area contributed by atoms with E-state index in [1.165, 1.54) is 24.2 Å². The molecule has 3 aromatic rings. The standard InChI is InChI=1S/C18H18N4O2S.ClH/c23-17(20-13-8-22-6-4-11(13)5-7-22)12-2-1-3-15-16(12)21-18(24-15)14-9-25-10-19-14;/h1-3,9-11,13H,4-8H2,(H,20,23);1H. The van der Waals surface area contributed by atoms with E-state index in [0.717, 1.165) is 19.6 Å². The Labute approximate surface area is 161 Å². The summed E-state index contributed by atoms with van der Waals surface area (Å²) < 4.78 is 5.79. The predicted molar refractivity (Wildman–Crippen MR) is 103 cm³/mol. The fourth-order valence-electron chi connectivity index (χ4n) is 3.93. The third-order valence-corrected chi connectivity index (χ3v) is 5.87. The van der Waals surface area contributed by atoms with E-state index in [0.29, 0.717) is 34.2 Å². The number of aromatic nitrogens is 2. The summed E-state index contributed by atoms with van der Waals surface area (Å²) in [5, 5.41) is 5.11. The number of hydrogen-bond acceptors (Lipinski definition) is 6. The van der Waals surface area contributed by atoms with E-state index in [2.05, 4.69) is 20.2 Å². The molecule has 0 saturated carbocycles. The van der Waals surface area contributed by atoms with Crippen LogP contribution in [0.2, 0.25) is 0 Å². The van der Waals surface area contributed by atoms with Crippen LogP contribution in [0.3, 0.4) is 0 Å². The zero-order valence-electron chi connectivity index (χ0n) is 14.1. The van der Waals surface area contributed by atoms with Crippen LogP contribution in [0.4, 0.5) is 0 Å². The summed E-state index contributed by atoms with van der Waals surface area (Å²) in [4.78, 5) is 24.1. The maximum Gasteiger partial charge on any atom is 0.253 e. The van der Waals surface area contributed by atoms with Gasteiger partial charge in [0.2, 0.25) is 5.89 Å². The summed E-state index contributed by atoms with van der Waals surface area (Å²) in [5.41, 5.74) is 4.23. The number of rotatable bonds is 3. The van der Waals surface area contributed by atoms with E-state index in [1.807, 2.05) is 23.6 Å². The first-order valence-corrected chi connectivity index (χ1v) is 9.53. The molecule has 2 bridgehead atoms. The molecule has 3 fully saturated rings. The Morgan fingerprint density at radius 2 is 2.15 bits per heavy atom. The Balaban J connectivity index is 0.00000168. The van der Waals surface area contributed by atoms with Crippen LogP contribution >= 0.6 is 23.7 Å². The van der Waals surface area contributed by atoms with Crippen molar-refractivity contribution >= 4 is 40.8 Å². The number of thiazole rings is 1. The minimum atomic E-state index is -0.0672. The highest BCUT2D eigenvalue weighted by atomic mass is 35.5. The van der Waals surface area contributed by atoms with E-state index < -0.39 is 0 Å². The lowest BCUT2D eigenvalue weighted by molar-refractivity contribution is 0.0621. The molecular formula is C18H19ClN4O2S. The second-order valence-corrected chi connectivity index (χ2v) is 7.48. The van der Waals surface area contributed by atoms with Crippen molar-refractivity contribution in [2.45, 2.75) is 18.9 Å². The normalized spacial score (nSPS) is 24.4. The molecule has 0 radical (unpaired) electrons. The van der Waals surface area contributed by atoms with Gasteiger partial charge in [0.05, 0.1) is 11.1 Å². The van der Waals surface area contributed by atoms with Gasteiger partial charge in [0.25, 0.3) is 5.91 Å². The monoisotopic (exact) mass is 390 g/mol. The largest absolute Gasteiger partial charge is 0.435 e. The highest BCUT2D eigenvalue weighted by Crippen LogP contribution is 2.29. The number of piperidine rings is 3. The summed E-state index contributed by atoms with van der Waals surface area (Å²) in [6.45, 7) is 3.27. The van der Waals surface area contributed by atoms with Gasteiger partial charge in [-0.05, 0) is 44.0 Å². The molecule has 26 heavy (non-hydrogen) atoms. The quantitative estimate of drug-likeness (QED) is 0.743. The number of nitrogens with zero attached hydrogens (tertiary/aromatic N) is 3. The van der Waals surface area contributed by atoms with Gasteiger partial charge < -0.3 is 14.6 Å².